The summed E-state index contributed by atoms with van der Waals surface area (Å²) in [6.07, 6.45) is 17.2. The number of nitrogens with zero attached hydrogens (tertiary/aromatic N) is 5. The number of rotatable bonds is 5. The summed E-state index contributed by atoms with van der Waals surface area (Å²) in [5.74, 6) is 2.14. The molecule has 50 heavy (non-hydrogen) atoms. The summed E-state index contributed by atoms with van der Waals surface area (Å²) in [5.41, 5.74) is 10.1. The van der Waals surface area contributed by atoms with Crippen LogP contribution in [0.5, 0.6) is 0 Å². The van der Waals surface area contributed by atoms with E-state index in [1.54, 1.807) is 0 Å². The van der Waals surface area contributed by atoms with Crippen molar-refractivity contribution in [2.45, 2.75) is 25.7 Å². The third-order valence-electron chi connectivity index (χ3n) is 10.0. The fourth-order valence-electron chi connectivity index (χ4n) is 7.70. The van der Waals surface area contributed by atoms with Gasteiger partial charge in [-0.2, -0.15) is 0 Å². The highest BCUT2D eigenvalue weighted by Gasteiger charge is 2.21. The predicted molar refractivity (Wildman–Crippen MR) is 207 cm³/mol. The molecule has 0 N–H and O–H groups in total. The maximum atomic E-state index is 5.02. The first-order valence-corrected chi connectivity index (χ1v) is 17.4. The van der Waals surface area contributed by atoms with Crippen LogP contribution in [0, 0.1) is 0 Å². The maximum Gasteiger partial charge on any atom is 0.164 e. The van der Waals surface area contributed by atoms with Gasteiger partial charge in [0.2, 0.25) is 0 Å². The van der Waals surface area contributed by atoms with Gasteiger partial charge in [-0.1, -0.05) is 103 Å². The zero-order valence-corrected chi connectivity index (χ0v) is 27.5. The standard InChI is InChI=1S/C45H33N5/c1-4-14-30(15-5-1)43-46-44(31-16-6-2-7-17-31)48-45(47-43)32-24-26-34(27-25-32)50-40-23-13-11-21-36(40)38-29-28-37-35-20-10-12-22-39(35)49(41(37)42(38)50)33-18-8-3-9-19-33/h3-4,6,8-29H,1-2,5,7H2. The molecule has 10 rings (SSSR count). The summed E-state index contributed by atoms with van der Waals surface area (Å²) < 4.78 is 4.85. The fourth-order valence-corrected chi connectivity index (χ4v) is 7.70. The molecule has 5 aromatic carbocycles. The topological polar surface area (TPSA) is 48.5 Å². The van der Waals surface area contributed by atoms with E-state index in [-0.39, 0.29) is 0 Å². The largest absolute Gasteiger partial charge is 0.307 e. The predicted octanol–water partition coefficient (Wildman–Crippen LogP) is 11.2. The molecule has 0 saturated carbocycles. The van der Waals surface area contributed by atoms with Crippen LogP contribution in [0.15, 0.2) is 152 Å². The summed E-state index contributed by atoms with van der Waals surface area (Å²) in [7, 11) is 0. The lowest BCUT2D eigenvalue weighted by atomic mass is 10.0. The molecule has 0 fully saturated rings. The second-order valence-corrected chi connectivity index (χ2v) is 13.0. The Bertz CT molecular complexity index is 2690. The highest BCUT2D eigenvalue weighted by molar-refractivity contribution is 6.23. The van der Waals surface area contributed by atoms with Crippen molar-refractivity contribution in [1.82, 2.24) is 24.1 Å². The molecule has 0 radical (unpaired) electrons. The summed E-state index contributed by atoms with van der Waals surface area (Å²) in [6.45, 7) is 0. The van der Waals surface area contributed by atoms with Crippen LogP contribution in [0.25, 0.3) is 77.5 Å². The Morgan fingerprint density at radius 3 is 1.40 bits per heavy atom. The van der Waals surface area contributed by atoms with E-state index in [2.05, 4.69) is 161 Å². The molecule has 0 bridgehead atoms. The van der Waals surface area contributed by atoms with Gasteiger partial charge in [-0.3, -0.25) is 0 Å². The maximum absolute atomic E-state index is 5.02. The van der Waals surface area contributed by atoms with Gasteiger partial charge >= 0.3 is 0 Å². The Hall–Kier alpha value is -6.33. The number of hydrogen-bond donors (Lipinski definition) is 0. The van der Waals surface area contributed by atoms with Gasteiger partial charge in [-0.15, -0.1) is 0 Å². The summed E-state index contributed by atoms with van der Waals surface area (Å²) in [4.78, 5) is 15.0. The van der Waals surface area contributed by atoms with Crippen LogP contribution < -0.4 is 0 Å². The molecule has 0 aliphatic heterocycles. The fraction of sp³-hybridized carbons (Fsp3) is 0.0889. The van der Waals surface area contributed by atoms with Crippen molar-refractivity contribution in [3.05, 3.63) is 163 Å². The van der Waals surface area contributed by atoms with Gasteiger partial charge in [-0.05, 0) is 74.2 Å². The average molecular weight is 644 g/mol. The number of benzene rings is 5. The monoisotopic (exact) mass is 643 g/mol. The third-order valence-corrected chi connectivity index (χ3v) is 10.0. The smallest absolute Gasteiger partial charge is 0.164 e. The Morgan fingerprint density at radius 1 is 0.400 bits per heavy atom. The number of hydrogen-bond acceptors (Lipinski definition) is 3. The van der Waals surface area contributed by atoms with Crippen molar-refractivity contribution in [3.8, 4) is 22.8 Å². The molecule has 2 aliphatic rings. The summed E-state index contributed by atoms with van der Waals surface area (Å²) >= 11 is 0. The van der Waals surface area contributed by atoms with Crippen LogP contribution in [0.1, 0.15) is 37.3 Å². The van der Waals surface area contributed by atoms with E-state index < -0.39 is 0 Å². The summed E-state index contributed by atoms with van der Waals surface area (Å²) in [6, 6.07) is 41.5. The van der Waals surface area contributed by atoms with Crippen molar-refractivity contribution in [1.29, 1.82) is 0 Å². The van der Waals surface area contributed by atoms with E-state index in [0.29, 0.717) is 5.82 Å². The Balaban J connectivity index is 1.20. The first kappa shape index (κ1) is 28.7. The van der Waals surface area contributed by atoms with Crippen LogP contribution in [0.4, 0.5) is 0 Å². The van der Waals surface area contributed by atoms with Crippen LogP contribution in [0.3, 0.4) is 0 Å². The molecule has 0 amide bonds. The second-order valence-electron chi connectivity index (χ2n) is 13.0. The number of allylic oxidation sites excluding steroid dienone is 8. The van der Waals surface area contributed by atoms with Crippen molar-refractivity contribution >= 4 is 54.8 Å². The van der Waals surface area contributed by atoms with Crippen LogP contribution in [-0.2, 0) is 0 Å². The molecule has 8 aromatic rings. The lowest BCUT2D eigenvalue weighted by Gasteiger charge is -2.14. The normalized spacial score (nSPS) is 14.6. The Labute approximate surface area is 289 Å². The lowest BCUT2D eigenvalue weighted by molar-refractivity contribution is 0.974. The first-order chi connectivity index (χ1) is 24.8. The molecule has 5 nitrogen and oxygen atoms in total. The molecule has 238 valence electrons. The van der Waals surface area contributed by atoms with E-state index in [0.717, 1.165) is 65.4 Å². The number of para-hydroxylation sites is 3. The Kier molecular flexibility index (Phi) is 6.69. The zero-order chi connectivity index (χ0) is 33.0. The van der Waals surface area contributed by atoms with Gasteiger partial charge in [0.1, 0.15) is 0 Å². The van der Waals surface area contributed by atoms with E-state index in [1.165, 1.54) is 43.6 Å². The van der Waals surface area contributed by atoms with Gasteiger partial charge < -0.3 is 9.13 Å². The molecule has 0 saturated heterocycles. The quantitative estimate of drug-likeness (QED) is 0.187. The zero-order valence-electron chi connectivity index (χ0n) is 27.5. The Morgan fingerprint density at radius 2 is 0.880 bits per heavy atom. The van der Waals surface area contributed by atoms with Crippen LogP contribution in [0.2, 0.25) is 0 Å². The van der Waals surface area contributed by atoms with E-state index in [4.69, 9.17) is 15.0 Å². The number of fused-ring (bicyclic) bond motifs is 7. The van der Waals surface area contributed by atoms with Crippen molar-refractivity contribution in [2.24, 2.45) is 0 Å². The first-order valence-electron chi connectivity index (χ1n) is 17.4. The van der Waals surface area contributed by atoms with Gasteiger partial charge in [-0.25, -0.2) is 15.0 Å². The lowest BCUT2D eigenvalue weighted by Crippen LogP contribution is -2.05. The van der Waals surface area contributed by atoms with E-state index in [9.17, 15) is 0 Å². The highest BCUT2D eigenvalue weighted by Crippen LogP contribution is 2.41. The molecule has 0 unspecified atom stereocenters. The van der Waals surface area contributed by atoms with Gasteiger partial charge in [0.05, 0.1) is 22.1 Å². The molecule has 0 atom stereocenters. The van der Waals surface area contributed by atoms with Crippen LogP contribution in [-0.4, -0.2) is 24.1 Å². The van der Waals surface area contributed by atoms with Gasteiger partial charge in [0.15, 0.2) is 17.5 Å². The van der Waals surface area contributed by atoms with E-state index >= 15 is 0 Å². The van der Waals surface area contributed by atoms with Crippen molar-refractivity contribution in [3.63, 3.8) is 0 Å². The van der Waals surface area contributed by atoms with E-state index in [1.807, 2.05) is 0 Å². The minimum Gasteiger partial charge on any atom is -0.307 e. The number of aromatic nitrogens is 5. The van der Waals surface area contributed by atoms with Crippen molar-refractivity contribution in [2.75, 3.05) is 0 Å². The molecule has 3 heterocycles. The average Bonchev–Trinajstić information content (AvgIpc) is 3.72. The summed E-state index contributed by atoms with van der Waals surface area (Å²) in [5, 5.41) is 4.94. The highest BCUT2D eigenvalue weighted by atomic mass is 15.1. The van der Waals surface area contributed by atoms with Gasteiger partial charge in [0, 0.05) is 49.6 Å². The van der Waals surface area contributed by atoms with Crippen LogP contribution >= 0.6 is 0 Å². The SMILES string of the molecule is C1=CC(c2nc(C3=CCCC=C3)nc(-c3ccc(-n4c5ccccc5c5ccc6c7ccccc7n(-c7ccccc7)c6c54)cc3)n2)=CCC1. The molecule has 0 spiro atoms. The second kappa shape index (κ2) is 11.7. The van der Waals surface area contributed by atoms with Gasteiger partial charge in [0.25, 0.3) is 0 Å². The minimum atomic E-state index is 0.685. The van der Waals surface area contributed by atoms with Crippen molar-refractivity contribution < 1.29 is 0 Å². The molecule has 2 aliphatic carbocycles. The molecular formula is C45H33N5. The third kappa shape index (κ3) is 4.58. The molecular weight excluding hydrogens is 611 g/mol. The molecule has 3 aromatic heterocycles. The minimum absolute atomic E-state index is 0.685. The molecule has 5 heteroatoms.